The van der Waals surface area contributed by atoms with Gasteiger partial charge in [0, 0.05) is 32.7 Å². The molecule has 17 heavy (non-hydrogen) atoms. The fourth-order valence-corrected chi connectivity index (χ4v) is 1.96. The minimum absolute atomic E-state index is 0.170. The van der Waals surface area contributed by atoms with Crippen molar-refractivity contribution in [3.05, 3.63) is 0 Å². The molecule has 1 aliphatic heterocycles. The third-order valence-corrected chi connectivity index (χ3v) is 2.89. The first-order chi connectivity index (χ1) is 7.83. The molecular formula is C12H24N2O3. The number of likely N-dealkylation sites (tertiary alicyclic amines) is 1. The number of carbonyl (C=O) groups excluding carboxylic acids is 1. The molecule has 0 unspecified atom stereocenters. The molecule has 1 rings (SSSR count). The number of ether oxygens (including phenoxy) is 1. The van der Waals surface area contributed by atoms with Gasteiger partial charge in [0.1, 0.15) is 5.60 Å². The van der Waals surface area contributed by atoms with Gasteiger partial charge in [-0.05, 0) is 27.2 Å². The molecule has 0 aromatic carbocycles. The summed E-state index contributed by atoms with van der Waals surface area (Å²) in [6.07, 6.45) is 0.670. The van der Waals surface area contributed by atoms with E-state index in [1.807, 2.05) is 20.8 Å². The van der Waals surface area contributed by atoms with Crippen molar-refractivity contribution in [2.24, 2.45) is 0 Å². The molecule has 0 spiro atoms. The van der Waals surface area contributed by atoms with Crippen LogP contribution < -0.4 is 0 Å². The molecule has 1 fully saturated rings. The lowest BCUT2D eigenvalue weighted by molar-refractivity contribution is 0.0228. The molecule has 0 aliphatic carbocycles. The Morgan fingerprint density at radius 2 is 2.18 bits per heavy atom. The van der Waals surface area contributed by atoms with E-state index in [1.165, 1.54) is 0 Å². The first-order valence-corrected chi connectivity index (χ1v) is 6.12. The van der Waals surface area contributed by atoms with Gasteiger partial charge in [-0.3, -0.25) is 4.90 Å². The Hall–Kier alpha value is -0.810. The standard InChI is InChI=1S/C12H24N2O3/c1-12(2,3)17-11(16)13(4)10-5-6-14(9-10)7-8-15/h10,15H,5-9H2,1-4H3/t10-/m1/s1. The maximum absolute atomic E-state index is 11.8. The number of carbonyl (C=O) groups is 1. The highest BCUT2D eigenvalue weighted by atomic mass is 16.6. The van der Waals surface area contributed by atoms with Crippen LogP contribution in [0, 0.1) is 0 Å². The molecule has 1 saturated heterocycles. The number of aliphatic hydroxyl groups excluding tert-OH is 1. The predicted molar refractivity (Wildman–Crippen MR) is 65.9 cm³/mol. The van der Waals surface area contributed by atoms with E-state index in [4.69, 9.17) is 9.84 Å². The molecule has 1 amide bonds. The number of nitrogens with zero attached hydrogens (tertiary/aromatic N) is 2. The highest BCUT2D eigenvalue weighted by Crippen LogP contribution is 2.17. The maximum atomic E-state index is 11.8. The third kappa shape index (κ3) is 4.52. The number of β-amino-alcohol motifs (C(OH)–C–C–N with tert-alkyl or cyclic N) is 1. The predicted octanol–water partition coefficient (Wildman–Crippen LogP) is 0.920. The van der Waals surface area contributed by atoms with Crippen LogP contribution in [-0.2, 0) is 4.74 Å². The highest BCUT2D eigenvalue weighted by Gasteiger charge is 2.30. The quantitative estimate of drug-likeness (QED) is 0.802. The van der Waals surface area contributed by atoms with Gasteiger partial charge in [0.05, 0.1) is 6.61 Å². The van der Waals surface area contributed by atoms with Crippen LogP contribution in [0.5, 0.6) is 0 Å². The lowest BCUT2D eigenvalue weighted by Gasteiger charge is -2.28. The first kappa shape index (κ1) is 14.3. The van der Waals surface area contributed by atoms with Gasteiger partial charge in [-0.25, -0.2) is 4.79 Å². The highest BCUT2D eigenvalue weighted by molar-refractivity contribution is 5.68. The molecule has 1 N–H and O–H groups in total. The smallest absolute Gasteiger partial charge is 0.410 e. The number of aliphatic hydroxyl groups is 1. The van der Waals surface area contributed by atoms with Crippen LogP contribution in [-0.4, -0.2) is 65.9 Å². The number of likely N-dealkylation sites (N-methyl/N-ethyl adjacent to an activating group) is 1. The lowest BCUT2D eigenvalue weighted by atomic mass is 10.2. The van der Waals surface area contributed by atoms with Gasteiger partial charge in [-0.15, -0.1) is 0 Å². The van der Waals surface area contributed by atoms with E-state index in [9.17, 15) is 4.79 Å². The van der Waals surface area contributed by atoms with E-state index in [0.717, 1.165) is 19.5 Å². The Bertz CT molecular complexity index is 263. The van der Waals surface area contributed by atoms with Gasteiger partial charge in [0.2, 0.25) is 0 Å². The van der Waals surface area contributed by atoms with Crippen molar-refractivity contribution >= 4 is 6.09 Å². The normalized spacial score (nSPS) is 21.6. The SMILES string of the molecule is CN(C(=O)OC(C)(C)C)[C@@H]1CCN(CCO)C1. The second-order valence-corrected chi connectivity index (χ2v) is 5.56. The monoisotopic (exact) mass is 244 g/mol. The third-order valence-electron chi connectivity index (χ3n) is 2.89. The Morgan fingerprint density at radius 3 is 2.71 bits per heavy atom. The average molecular weight is 244 g/mol. The molecule has 0 saturated carbocycles. The van der Waals surface area contributed by atoms with Gasteiger partial charge in [-0.1, -0.05) is 0 Å². The van der Waals surface area contributed by atoms with E-state index in [-0.39, 0.29) is 18.7 Å². The summed E-state index contributed by atoms with van der Waals surface area (Å²) in [4.78, 5) is 15.7. The van der Waals surface area contributed by atoms with Gasteiger partial charge in [0.15, 0.2) is 0 Å². The van der Waals surface area contributed by atoms with Crippen LogP contribution in [0.1, 0.15) is 27.2 Å². The Labute approximate surface area is 103 Å². The topological polar surface area (TPSA) is 53.0 Å². The summed E-state index contributed by atoms with van der Waals surface area (Å²) < 4.78 is 5.33. The molecule has 100 valence electrons. The van der Waals surface area contributed by atoms with E-state index in [2.05, 4.69) is 4.90 Å². The summed E-state index contributed by atoms with van der Waals surface area (Å²) in [7, 11) is 1.78. The summed E-state index contributed by atoms with van der Waals surface area (Å²) in [5.74, 6) is 0. The zero-order valence-corrected chi connectivity index (χ0v) is 11.3. The van der Waals surface area contributed by atoms with E-state index in [0.29, 0.717) is 6.54 Å². The number of hydrogen-bond acceptors (Lipinski definition) is 4. The number of hydrogen-bond donors (Lipinski definition) is 1. The summed E-state index contributed by atoms with van der Waals surface area (Å²) >= 11 is 0. The number of amides is 1. The van der Waals surface area contributed by atoms with Crippen LogP contribution in [0.3, 0.4) is 0 Å². The molecule has 1 aliphatic rings. The Morgan fingerprint density at radius 1 is 1.53 bits per heavy atom. The van der Waals surface area contributed by atoms with Gasteiger partial charge >= 0.3 is 6.09 Å². The van der Waals surface area contributed by atoms with Crippen LogP contribution in [0.4, 0.5) is 4.79 Å². The zero-order valence-electron chi connectivity index (χ0n) is 11.3. The van der Waals surface area contributed by atoms with Crippen LogP contribution in [0.2, 0.25) is 0 Å². The van der Waals surface area contributed by atoms with E-state index < -0.39 is 5.60 Å². The fraction of sp³-hybridized carbons (Fsp3) is 0.917. The van der Waals surface area contributed by atoms with Crippen LogP contribution in [0.15, 0.2) is 0 Å². The van der Waals surface area contributed by atoms with Gasteiger partial charge in [0.25, 0.3) is 0 Å². The molecule has 5 heteroatoms. The summed E-state index contributed by atoms with van der Waals surface area (Å²) in [6.45, 7) is 8.19. The second kappa shape index (κ2) is 5.69. The molecule has 1 heterocycles. The van der Waals surface area contributed by atoms with Crippen molar-refractivity contribution in [1.29, 1.82) is 0 Å². The van der Waals surface area contributed by atoms with Crippen molar-refractivity contribution in [1.82, 2.24) is 9.80 Å². The summed E-state index contributed by atoms with van der Waals surface area (Å²) in [5.41, 5.74) is -0.450. The van der Waals surface area contributed by atoms with Crippen molar-refractivity contribution in [3.8, 4) is 0 Å². The molecule has 5 nitrogen and oxygen atoms in total. The molecule has 0 aromatic rings. The minimum atomic E-state index is -0.450. The molecular weight excluding hydrogens is 220 g/mol. The number of rotatable bonds is 3. The van der Waals surface area contributed by atoms with Crippen molar-refractivity contribution in [3.63, 3.8) is 0 Å². The average Bonchev–Trinajstić information content (AvgIpc) is 2.63. The van der Waals surface area contributed by atoms with E-state index >= 15 is 0 Å². The van der Waals surface area contributed by atoms with Crippen LogP contribution in [0.25, 0.3) is 0 Å². The molecule has 1 atom stereocenters. The Kier molecular flexibility index (Phi) is 4.77. The Balaban J connectivity index is 2.43. The largest absolute Gasteiger partial charge is 0.444 e. The minimum Gasteiger partial charge on any atom is -0.444 e. The first-order valence-electron chi connectivity index (χ1n) is 6.12. The van der Waals surface area contributed by atoms with Crippen molar-refractivity contribution < 1.29 is 14.6 Å². The van der Waals surface area contributed by atoms with Crippen molar-refractivity contribution in [2.75, 3.05) is 33.3 Å². The fourth-order valence-electron chi connectivity index (χ4n) is 1.96. The molecule has 0 bridgehead atoms. The second-order valence-electron chi connectivity index (χ2n) is 5.56. The summed E-state index contributed by atoms with van der Waals surface area (Å²) in [6, 6.07) is 0.191. The molecule has 0 aromatic heterocycles. The van der Waals surface area contributed by atoms with Gasteiger partial charge in [-0.2, -0.15) is 0 Å². The maximum Gasteiger partial charge on any atom is 0.410 e. The van der Waals surface area contributed by atoms with E-state index in [1.54, 1.807) is 11.9 Å². The van der Waals surface area contributed by atoms with Crippen molar-refractivity contribution in [2.45, 2.75) is 38.8 Å². The molecule has 0 radical (unpaired) electrons. The van der Waals surface area contributed by atoms with Crippen LogP contribution >= 0.6 is 0 Å². The van der Waals surface area contributed by atoms with Gasteiger partial charge < -0.3 is 14.7 Å². The zero-order chi connectivity index (χ0) is 13.1. The lowest BCUT2D eigenvalue weighted by Crippen LogP contribution is -2.42. The summed E-state index contributed by atoms with van der Waals surface area (Å²) in [5, 5.41) is 8.87.